The Kier molecular flexibility index (Phi) is 3.56. The van der Waals surface area contributed by atoms with Gasteiger partial charge in [-0.25, -0.2) is 0 Å². The molecule has 0 aromatic rings. The summed E-state index contributed by atoms with van der Waals surface area (Å²) in [6, 6.07) is -0.917. The number of aldehydes is 1. The van der Waals surface area contributed by atoms with Gasteiger partial charge in [-0.05, 0) is 5.53 Å². The summed E-state index contributed by atoms with van der Waals surface area (Å²) in [6.45, 7) is -0.423. The van der Waals surface area contributed by atoms with Crippen LogP contribution < -0.4 is 0 Å². The van der Waals surface area contributed by atoms with Gasteiger partial charge in [-0.2, -0.15) is 0 Å². The standard InChI is InChI=1S/C3H5N3O2/c4-6-5-3(1-7)2-8/h1,3,8H,2H2/t3-/m1/s1. The molecule has 0 amide bonds. The first-order valence-electron chi connectivity index (χ1n) is 1.95. The first kappa shape index (κ1) is 6.94. The van der Waals surface area contributed by atoms with Gasteiger partial charge in [-0.3, -0.25) is 0 Å². The number of rotatable bonds is 3. The molecule has 0 bridgehead atoms. The lowest BCUT2D eigenvalue weighted by atomic mass is 10.4. The number of azide groups is 1. The number of aliphatic hydroxyl groups excluding tert-OH is 1. The van der Waals surface area contributed by atoms with Gasteiger partial charge in [-0.1, -0.05) is 5.11 Å². The maximum atomic E-state index is 9.70. The third kappa shape index (κ3) is 2.17. The molecule has 5 heteroatoms. The lowest BCUT2D eigenvalue weighted by Gasteiger charge is -1.90. The molecular formula is C3H5N3O2. The second kappa shape index (κ2) is 4.11. The maximum Gasteiger partial charge on any atom is 0.131 e. The third-order valence-corrected chi connectivity index (χ3v) is 0.544. The van der Waals surface area contributed by atoms with Crippen molar-refractivity contribution >= 4 is 6.29 Å². The Bertz CT molecular complexity index is 118. The molecule has 0 saturated heterocycles. The van der Waals surface area contributed by atoms with Crippen molar-refractivity contribution in [2.45, 2.75) is 6.04 Å². The number of hydrogen-bond donors (Lipinski definition) is 1. The van der Waals surface area contributed by atoms with Gasteiger partial charge in [0.25, 0.3) is 0 Å². The number of nitrogens with zero attached hydrogens (tertiary/aromatic N) is 3. The quantitative estimate of drug-likeness (QED) is 0.240. The molecule has 0 aliphatic rings. The molecule has 1 atom stereocenters. The third-order valence-electron chi connectivity index (χ3n) is 0.544. The molecule has 0 saturated carbocycles. The van der Waals surface area contributed by atoms with Gasteiger partial charge < -0.3 is 9.90 Å². The van der Waals surface area contributed by atoms with Crippen molar-refractivity contribution in [3.8, 4) is 0 Å². The minimum atomic E-state index is -0.917. The molecule has 0 aromatic carbocycles. The van der Waals surface area contributed by atoms with Crippen LogP contribution >= 0.6 is 0 Å². The van der Waals surface area contributed by atoms with Crippen LogP contribution in [-0.2, 0) is 4.79 Å². The number of carbonyl (C=O) groups is 1. The predicted octanol–water partition coefficient (Wildman–Crippen LogP) is -0.143. The van der Waals surface area contributed by atoms with Gasteiger partial charge in [0, 0.05) is 4.91 Å². The van der Waals surface area contributed by atoms with Crippen LogP contribution in [0.15, 0.2) is 5.11 Å². The Labute approximate surface area is 45.6 Å². The highest BCUT2D eigenvalue weighted by Gasteiger charge is 1.97. The summed E-state index contributed by atoms with van der Waals surface area (Å²) in [4.78, 5) is 12.0. The van der Waals surface area contributed by atoms with E-state index >= 15 is 0 Å². The van der Waals surface area contributed by atoms with Crippen molar-refractivity contribution in [1.82, 2.24) is 0 Å². The zero-order valence-electron chi connectivity index (χ0n) is 4.06. The summed E-state index contributed by atoms with van der Waals surface area (Å²) >= 11 is 0. The Morgan fingerprint density at radius 1 is 2.00 bits per heavy atom. The smallest absolute Gasteiger partial charge is 0.131 e. The van der Waals surface area contributed by atoms with Crippen LogP contribution in [0, 0.1) is 0 Å². The van der Waals surface area contributed by atoms with Crippen molar-refractivity contribution in [2.24, 2.45) is 5.11 Å². The van der Waals surface area contributed by atoms with Crippen molar-refractivity contribution < 1.29 is 9.90 Å². The molecule has 0 unspecified atom stereocenters. The van der Waals surface area contributed by atoms with Crippen LogP contribution in [0.4, 0.5) is 0 Å². The second-order valence-corrected chi connectivity index (χ2v) is 1.09. The molecule has 0 heterocycles. The molecule has 0 aromatic heterocycles. The zero-order valence-corrected chi connectivity index (χ0v) is 4.06. The van der Waals surface area contributed by atoms with E-state index in [4.69, 9.17) is 10.6 Å². The lowest BCUT2D eigenvalue weighted by Crippen LogP contribution is -2.09. The normalized spacial score (nSPS) is 11.6. The molecule has 8 heavy (non-hydrogen) atoms. The van der Waals surface area contributed by atoms with E-state index in [1.165, 1.54) is 0 Å². The number of carbonyl (C=O) groups excluding carboxylic acids is 1. The first-order valence-corrected chi connectivity index (χ1v) is 1.95. The topological polar surface area (TPSA) is 86.1 Å². The van der Waals surface area contributed by atoms with Gasteiger partial charge in [0.2, 0.25) is 0 Å². The Morgan fingerprint density at radius 2 is 2.62 bits per heavy atom. The number of hydrogen-bond acceptors (Lipinski definition) is 3. The summed E-state index contributed by atoms with van der Waals surface area (Å²) in [6.07, 6.45) is 0.389. The number of aliphatic hydroxyl groups is 1. The molecule has 5 nitrogen and oxygen atoms in total. The molecule has 0 aliphatic carbocycles. The minimum Gasteiger partial charge on any atom is -0.395 e. The van der Waals surface area contributed by atoms with Gasteiger partial charge in [0.15, 0.2) is 0 Å². The van der Waals surface area contributed by atoms with Crippen molar-refractivity contribution in [1.29, 1.82) is 0 Å². The first-order chi connectivity index (χ1) is 3.85. The molecule has 0 radical (unpaired) electrons. The highest BCUT2D eigenvalue weighted by Crippen LogP contribution is 1.82. The fraction of sp³-hybridized carbons (Fsp3) is 0.667. The zero-order chi connectivity index (χ0) is 6.41. The average Bonchev–Trinajstić information content (AvgIpc) is 1.83. The summed E-state index contributed by atoms with van der Waals surface area (Å²) < 4.78 is 0. The molecular weight excluding hydrogens is 110 g/mol. The van der Waals surface area contributed by atoms with Crippen LogP contribution in [-0.4, -0.2) is 24.0 Å². The molecule has 0 rings (SSSR count). The molecule has 0 aliphatic heterocycles. The predicted molar refractivity (Wildman–Crippen MR) is 26.1 cm³/mol. The van der Waals surface area contributed by atoms with Crippen molar-refractivity contribution in [2.75, 3.05) is 6.61 Å². The van der Waals surface area contributed by atoms with Gasteiger partial charge >= 0.3 is 0 Å². The molecule has 44 valence electrons. The maximum absolute atomic E-state index is 9.70. The highest BCUT2D eigenvalue weighted by molar-refractivity contribution is 5.57. The van der Waals surface area contributed by atoms with Crippen molar-refractivity contribution in [3.05, 3.63) is 10.4 Å². The van der Waals surface area contributed by atoms with E-state index in [0.717, 1.165) is 0 Å². The van der Waals surface area contributed by atoms with Crippen molar-refractivity contribution in [3.63, 3.8) is 0 Å². The second-order valence-electron chi connectivity index (χ2n) is 1.09. The Balaban J connectivity index is 3.69. The fourth-order valence-corrected chi connectivity index (χ4v) is 0.173. The van der Waals surface area contributed by atoms with Gasteiger partial charge in [-0.15, -0.1) is 0 Å². The molecule has 0 fully saturated rings. The largest absolute Gasteiger partial charge is 0.395 e. The summed E-state index contributed by atoms with van der Waals surface area (Å²) in [5.74, 6) is 0. The van der Waals surface area contributed by atoms with Crippen LogP contribution in [0.1, 0.15) is 0 Å². The monoisotopic (exact) mass is 115 g/mol. The van der Waals surface area contributed by atoms with Crippen LogP contribution in [0.2, 0.25) is 0 Å². The molecule has 0 spiro atoms. The minimum absolute atomic E-state index is 0.389. The van der Waals surface area contributed by atoms with Gasteiger partial charge in [0.1, 0.15) is 12.3 Å². The van der Waals surface area contributed by atoms with E-state index in [1.54, 1.807) is 0 Å². The van der Waals surface area contributed by atoms with E-state index in [1.807, 2.05) is 0 Å². The molecule has 1 N–H and O–H groups in total. The summed E-state index contributed by atoms with van der Waals surface area (Å²) in [5, 5.41) is 11.1. The van der Waals surface area contributed by atoms with E-state index in [2.05, 4.69) is 10.0 Å². The van der Waals surface area contributed by atoms with E-state index in [-0.39, 0.29) is 0 Å². The SMILES string of the molecule is [N-]=[N+]=N[C@H](C=O)CO. The van der Waals surface area contributed by atoms with E-state index < -0.39 is 12.6 Å². The Morgan fingerprint density at radius 3 is 2.75 bits per heavy atom. The summed E-state index contributed by atoms with van der Waals surface area (Å²) in [7, 11) is 0. The highest BCUT2D eigenvalue weighted by atomic mass is 16.3. The van der Waals surface area contributed by atoms with Gasteiger partial charge in [0.05, 0.1) is 6.61 Å². The van der Waals surface area contributed by atoms with Crippen LogP contribution in [0.5, 0.6) is 0 Å². The average molecular weight is 115 g/mol. The van der Waals surface area contributed by atoms with E-state index in [0.29, 0.717) is 6.29 Å². The van der Waals surface area contributed by atoms with Crippen LogP contribution in [0.25, 0.3) is 10.4 Å². The fourth-order valence-electron chi connectivity index (χ4n) is 0.173. The van der Waals surface area contributed by atoms with Crippen LogP contribution in [0.3, 0.4) is 0 Å². The Hall–Kier alpha value is -1.06. The lowest BCUT2D eigenvalue weighted by molar-refractivity contribution is -0.109. The van der Waals surface area contributed by atoms with E-state index in [9.17, 15) is 4.79 Å². The summed E-state index contributed by atoms with van der Waals surface area (Å²) in [5.41, 5.74) is 7.69.